The summed E-state index contributed by atoms with van der Waals surface area (Å²) in [5.41, 5.74) is 4.33. The maximum Gasteiger partial charge on any atom is 0.255 e. The molecule has 0 aromatic heterocycles. The maximum absolute atomic E-state index is 13.8. The summed E-state index contributed by atoms with van der Waals surface area (Å²) in [6.07, 6.45) is 0. The molecule has 1 aliphatic heterocycles. The van der Waals surface area contributed by atoms with Gasteiger partial charge in [-0.25, -0.2) is 0 Å². The molecule has 4 rings (SSSR count). The van der Waals surface area contributed by atoms with Crippen LogP contribution in [0.4, 0.5) is 11.4 Å². The molecule has 0 spiro atoms. The number of carbonyl (C=O) groups excluding carboxylic acids is 2. The van der Waals surface area contributed by atoms with E-state index in [1.807, 2.05) is 93.6 Å². The summed E-state index contributed by atoms with van der Waals surface area (Å²) in [5.74, 6) is 0.488. The Morgan fingerprint density at radius 2 is 1.61 bits per heavy atom. The molecule has 1 saturated heterocycles. The Kier molecular flexibility index (Phi) is 5.76. The summed E-state index contributed by atoms with van der Waals surface area (Å²) < 4.78 is 5.53. The molecule has 5 nitrogen and oxygen atoms in total. The van der Waals surface area contributed by atoms with Crippen LogP contribution < -0.4 is 14.5 Å². The number of piperazine rings is 1. The van der Waals surface area contributed by atoms with Crippen molar-refractivity contribution in [2.45, 2.75) is 26.8 Å². The summed E-state index contributed by atoms with van der Waals surface area (Å²) in [7, 11) is 0. The van der Waals surface area contributed by atoms with Crippen molar-refractivity contribution in [1.29, 1.82) is 0 Å². The Balaban J connectivity index is 1.78. The molecule has 1 aliphatic rings. The molecular weight excluding hydrogens is 388 g/mol. The van der Waals surface area contributed by atoms with E-state index in [1.54, 1.807) is 9.80 Å². The molecular formula is C26H26N2O3. The van der Waals surface area contributed by atoms with E-state index in [2.05, 4.69) is 0 Å². The lowest BCUT2D eigenvalue weighted by atomic mass is 9.98. The summed E-state index contributed by atoms with van der Waals surface area (Å²) >= 11 is 0. The van der Waals surface area contributed by atoms with Gasteiger partial charge in [0.25, 0.3) is 5.91 Å². The van der Waals surface area contributed by atoms with E-state index in [0.29, 0.717) is 12.3 Å². The van der Waals surface area contributed by atoms with Crippen molar-refractivity contribution in [2.75, 3.05) is 23.0 Å². The summed E-state index contributed by atoms with van der Waals surface area (Å²) in [5, 5.41) is 0. The monoisotopic (exact) mass is 414 g/mol. The number of anilines is 2. The summed E-state index contributed by atoms with van der Waals surface area (Å²) in [6.45, 7) is 6.49. The van der Waals surface area contributed by atoms with Crippen molar-refractivity contribution in [3.05, 3.63) is 89.5 Å². The predicted octanol–water partition coefficient (Wildman–Crippen LogP) is 4.82. The Morgan fingerprint density at radius 1 is 0.903 bits per heavy atom. The van der Waals surface area contributed by atoms with Gasteiger partial charge >= 0.3 is 0 Å². The van der Waals surface area contributed by atoms with Crippen molar-refractivity contribution in [2.24, 2.45) is 0 Å². The van der Waals surface area contributed by atoms with Crippen LogP contribution in [0, 0.1) is 13.8 Å². The number of aryl methyl sites for hydroxylation is 1. The molecule has 3 aromatic carbocycles. The number of hydrogen-bond donors (Lipinski definition) is 0. The lowest BCUT2D eigenvalue weighted by Crippen LogP contribution is -2.56. The number of benzene rings is 3. The van der Waals surface area contributed by atoms with Crippen LogP contribution in [0.2, 0.25) is 0 Å². The first-order chi connectivity index (χ1) is 15.0. The minimum absolute atomic E-state index is 0.000326. The number of amides is 2. The van der Waals surface area contributed by atoms with Crippen molar-refractivity contribution >= 4 is 23.2 Å². The van der Waals surface area contributed by atoms with Gasteiger partial charge in [-0.15, -0.1) is 0 Å². The van der Waals surface area contributed by atoms with Gasteiger partial charge in [-0.1, -0.05) is 42.5 Å². The van der Waals surface area contributed by atoms with Crippen LogP contribution in [0.1, 0.15) is 29.7 Å². The summed E-state index contributed by atoms with van der Waals surface area (Å²) in [6, 6.07) is 21.9. The SMILES string of the molecule is CCOc1ccc(N2C(=O)CN(c3cccc(C)c3C)C(=O)[C@H]2c2ccccc2)cc1. The van der Waals surface area contributed by atoms with Gasteiger partial charge in [0, 0.05) is 11.4 Å². The van der Waals surface area contributed by atoms with Gasteiger partial charge in [-0.2, -0.15) is 0 Å². The second kappa shape index (κ2) is 8.64. The highest BCUT2D eigenvalue weighted by Crippen LogP contribution is 2.36. The largest absolute Gasteiger partial charge is 0.494 e. The van der Waals surface area contributed by atoms with Gasteiger partial charge in [0.1, 0.15) is 18.3 Å². The number of carbonyl (C=O) groups is 2. The van der Waals surface area contributed by atoms with E-state index in [4.69, 9.17) is 4.74 Å². The lowest BCUT2D eigenvalue weighted by molar-refractivity contribution is -0.128. The first kappa shape index (κ1) is 20.7. The van der Waals surface area contributed by atoms with Crippen molar-refractivity contribution in [3.63, 3.8) is 0 Å². The smallest absolute Gasteiger partial charge is 0.255 e. The molecule has 2 amide bonds. The highest BCUT2D eigenvalue weighted by molar-refractivity contribution is 6.14. The second-order valence-electron chi connectivity index (χ2n) is 7.65. The Bertz CT molecular complexity index is 1090. The fraction of sp³-hybridized carbons (Fsp3) is 0.231. The minimum Gasteiger partial charge on any atom is -0.494 e. The number of rotatable bonds is 5. The number of hydrogen-bond acceptors (Lipinski definition) is 3. The zero-order valence-corrected chi connectivity index (χ0v) is 18.0. The molecule has 1 atom stereocenters. The predicted molar refractivity (Wildman–Crippen MR) is 123 cm³/mol. The molecule has 1 fully saturated rings. The highest BCUT2D eigenvalue weighted by Gasteiger charge is 2.42. The molecule has 0 aliphatic carbocycles. The van der Waals surface area contributed by atoms with E-state index < -0.39 is 6.04 Å². The molecule has 0 saturated carbocycles. The van der Waals surface area contributed by atoms with Gasteiger partial charge in [0.05, 0.1) is 6.61 Å². The van der Waals surface area contributed by atoms with E-state index in [0.717, 1.165) is 28.1 Å². The van der Waals surface area contributed by atoms with Crippen LogP contribution >= 0.6 is 0 Å². The molecule has 0 unspecified atom stereocenters. The van der Waals surface area contributed by atoms with Gasteiger partial charge in [0.2, 0.25) is 5.91 Å². The quantitative estimate of drug-likeness (QED) is 0.601. The van der Waals surface area contributed by atoms with Crippen LogP contribution in [0.25, 0.3) is 0 Å². The third-order valence-electron chi connectivity index (χ3n) is 5.73. The van der Waals surface area contributed by atoms with Gasteiger partial charge in [0.15, 0.2) is 0 Å². The maximum atomic E-state index is 13.8. The van der Waals surface area contributed by atoms with Crippen molar-refractivity contribution in [3.8, 4) is 5.75 Å². The molecule has 3 aromatic rings. The molecule has 0 bridgehead atoms. The highest BCUT2D eigenvalue weighted by atomic mass is 16.5. The van der Waals surface area contributed by atoms with Gasteiger partial charge in [-0.3, -0.25) is 14.5 Å². The molecule has 0 radical (unpaired) electrons. The fourth-order valence-electron chi connectivity index (χ4n) is 4.01. The third-order valence-corrected chi connectivity index (χ3v) is 5.73. The second-order valence-corrected chi connectivity index (χ2v) is 7.65. The molecule has 5 heteroatoms. The minimum atomic E-state index is -0.736. The zero-order valence-electron chi connectivity index (χ0n) is 18.0. The lowest BCUT2D eigenvalue weighted by Gasteiger charge is -2.41. The van der Waals surface area contributed by atoms with E-state index in [9.17, 15) is 9.59 Å². The standard InChI is InChI=1S/C26H26N2O3/c1-4-31-22-15-13-21(14-16-22)28-24(29)17-27(23-12-8-9-18(2)19(23)3)26(30)25(28)20-10-6-5-7-11-20/h5-16,25H,4,17H2,1-3H3/t25-/m1/s1. The average Bonchev–Trinajstić information content (AvgIpc) is 2.78. The van der Waals surface area contributed by atoms with E-state index in [-0.39, 0.29) is 18.4 Å². The van der Waals surface area contributed by atoms with Gasteiger partial charge in [-0.05, 0) is 67.8 Å². The molecule has 1 heterocycles. The summed E-state index contributed by atoms with van der Waals surface area (Å²) in [4.78, 5) is 30.4. The molecule has 31 heavy (non-hydrogen) atoms. The number of ether oxygens (including phenoxy) is 1. The first-order valence-corrected chi connectivity index (χ1v) is 10.5. The van der Waals surface area contributed by atoms with Crippen molar-refractivity contribution < 1.29 is 14.3 Å². The van der Waals surface area contributed by atoms with E-state index in [1.165, 1.54) is 0 Å². The van der Waals surface area contributed by atoms with Gasteiger partial charge < -0.3 is 9.64 Å². The third kappa shape index (κ3) is 3.91. The normalized spacial score (nSPS) is 16.5. The Labute approximate surface area is 182 Å². The molecule has 158 valence electrons. The number of nitrogens with zero attached hydrogens (tertiary/aromatic N) is 2. The van der Waals surface area contributed by atoms with Crippen LogP contribution in [0.3, 0.4) is 0 Å². The van der Waals surface area contributed by atoms with Crippen LogP contribution in [-0.2, 0) is 9.59 Å². The Morgan fingerprint density at radius 3 is 2.29 bits per heavy atom. The fourth-order valence-corrected chi connectivity index (χ4v) is 4.01. The zero-order chi connectivity index (χ0) is 22.0. The molecule has 0 N–H and O–H groups in total. The topological polar surface area (TPSA) is 49.9 Å². The van der Waals surface area contributed by atoms with E-state index >= 15 is 0 Å². The van der Waals surface area contributed by atoms with Crippen LogP contribution in [0.5, 0.6) is 5.75 Å². The first-order valence-electron chi connectivity index (χ1n) is 10.5. The van der Waals surface area contributed by atoms with Crippen LogP contribution in [0.15, 0.2) is 72.8 Å². The van der Waals surface area contributed by atoms with Crippen molar-refractivity contribution in [1.82, 2.24) is 0 Å². The Hall–Kier alpha value is -3.60. The van der Waals surface area contributed by atoms with Crippen LogP contribution in [-0.4, -0.2) is 25.0 Å². The average molecular weight is 415 g/mol.